The Bertz CT molecular complexity index is 209. The highest BCUT2D eigenvalue weighted by molar-refractivity contribution is 5.75. The van der Waals surface area contributed by atoms with E-state index in [1.807, 2.05) is 0 Å². The van der Waals surface area contributed by atoms with Crippen LogP contribution in [0.15, 0.2) is 0 Å². The highest BCUT2D eigenvalue weighted by Crippen LogP contribution is 2.22. The molecule has 0 bridgehead atoms. The van der Waals surface area contributed by atoms with E-state index in [0.717, 1.165) is 32.4 Å². The van der Waals surface area contributed by atoms with Gasteiger partial charge in [0.05, 0.1) is 6.61 Å². The molecule has 1 amide bonds. The van der Waals surface area contributed by atoms with Crippen molar-refractivity contribution in [3.8, 4) is 0 Å². The summed E-state index contributed by atoms with van der Waals surface area (Å²) in [6.45, 7) is 4.05. The second kappa shape index (κ2) is 7.63. The molecule has 3 N–H and O–H groups in total. The third kappa shape index (κ3) is 4.94. The van der Waals surface area contributed by atoms with Crippen molar-refractivity contribution in [2.75, 3.05) is 19.8 Å². The first kappa shape index (κ1) is 13.5. The maximum atomic E-state index is 11.4. The monoisotopic (exact) mass is 228 g/mol. The number of hydrogen-bond donors (Lipinski definition) is 2. The summed E-state index contributed by atoms with van der Waals surface area (Å²) in [4.78, 5) is 11.4. The molecule has 1 fully saturated rings. The van der Waals surface area contributed by atoms with E-state index >= 15 is 0 Å². The molecule has 0 aliphatic heterocycles. The molecule has 0 aromatic rings. The van der Waals surface area contributed by atoms with Gasteiger partial charge >= 0.3 is 0 Å². The Morgan fingerprint density at radius 2 is 2.25 bits per heavy atom. The van der Waals surface area contributed by atoms with Crippen molar-refractivity contribution >= 4 is 5.91 Å². The van der Waals surface area contributed by atoms with Gasteiger partial charge in [-0.15, -0.1) is 0 Å². The molecular formula is C12H24N2O2. The molecule has 1 aliphatic carbocycles. The predicted molar refractivity (Wildman–Crippen MR) is 64.1 cm³/mol. The number of rotatable bonds is 7. The third-order valence-electron chi connectivity index (χ3n) is 3.10. The first-order valence-corrected chi connectivity index (χ1v) is 6.34. The van der Waals surface area contributed by atoms with Crippen LogP contribution < -0.4 is 11.1 Å². The van der Waals surface area contributed by atoms with Crippen LogP contribution in [0.1, 0.15) is 39.0 Å². The zero-order chi connectivity index (χ0) is 11.8. The highest BCUT2D eigenvalue weighted by atomic mass is 16.5. The van der Waals surface area contributed by atoms with Crippen LogP contribution in [-0.4, -0.2) is 31.7 Å². The number of hydrogen-bond acceptors (Lipinski definition) is 3. The van der Waals surface area contributed by atoms with Gasteiger partial charge in [0.2, 0.25) is 5.91 Å². The van der Waals surface area contributed by atoms with E-state index in [9.17, 15) is 4.79 Å². The summed E-state index contributed by atoms with van der Waals surface area (Å²) < 4.78 is 5.26. The van der Waals surface area contributed by atoms with E-state index in [1.165, 1.54) is 6.42 Å². The van der Waals surface area contributed by atoms with Crippen molar-refractivity contribution in [2.45, 2.75) is 45.1 Å². The molecule has 0 saturated heterocycles. The van der Waals surface area contributed by atoms with E-state index in [1.54, 1.807) is 0 Å². The Balaban J connectivity index is 2.01. The van der Waals surface area contributed by atoms with Crippen LogP contribution in [0, 0.1) is 5.92 Å². The number of amides is 1. The number of carbonyl (C=O) groups is 1. The molecule has 0 heterocycles. The van der Waals surface area contributed by atoms with E-state index in [4.69, 9.17) is 10.5 Å². The number of carbonyl (C=O) groups excluding carboxylic acids is 1. The lowest BCUT2D eigenvalue weighted by molar-refractivity contribution is -0.122. The van der Waals surface area contributed by atoms with Crippen molar-refractivity contribution < 1.29 is 9.53 Å². The molecule has 1 rings (SSSR count). The van der Waals surface area contributed by atoms with Gasteiger partial charge in [-0.1, -0.05) is 13.3 Å². The second-order valence-corrected chi connectivity index (χ2v) is 4.52. The van der Waals surface area contributed by atoms with Gasteiger partial charge in [0, 0.05) is 25.6 Å². The molecule has 0 spiro atoms. The van der Waals surface area contributed by atoms with Crippen molar-refractivity contribution in [3.63, 3.8) is 0 Å². The van der Waals surface area contributed by atoms with Crippen molar-refractivity contribution in [1.82, 2.24) is 5.32 Å². The van der Waals surface area contributed by atoms with E-state index < -0.39 is 0 Å². The molecule has 0 radical (unpaired) electrons. The molecule has 1 aliphatic rings. The van der Waals surface area contributed by atoms with Gasteiger partial charge in [-0.3, -0.25) is 4.79 Å². The van der Waals surface area contributed by atoms with Gasteiger partial charge in [0.15, 0.2) is 0 Å². The maximum absolute atomic E-state index is 11.4. The summed E-state index contributed by atoms with van der Waals surface area (Å²) in [5.41, 5.74) is 5.93. The molecule has 16 heavy (non-hydrogen) atoms. The quantitative estimate of drug-likeness (QED) is 0.640. The lowest BCUT2D eigenvalue weighted by Gasteiger charge is -2.15. The average molecular weight is 228 g/mol. The predicted octanol–water partition coefficient (Wildman–Crippen LogP) is 1.05. The number of nitrogens with one attached hydrogen (secondary N) is 1. The van der Waals surface area contributed by atoms with Gasteiger partial charge in [-0.05, 0) is 25.2 Å². The Hall–Kier alpha value is -0.610. The first-order valence-electron chi connectivity index (χ1n) is 6.34. The van der Waals surface area contributed by atoms with E-state index in [-0.39, 0.29) is 11.9 Å². The SMILES string of the molecule is CCCOCCC(=O)NCC1CCCC1N. The van der Waals surface area contributed by atoms with E-state index in [0.29, 0.717) is 18.9 Å². The molecule has 1 saturated carbocycles. The van der Waals surface area contributed by atoms with E-state index in [2.05, 4.69) is 12.2 Å². The minimum absolute atomic E-state index is 0.0789. The number of nitrogens with two attached hydrogens (primary N) is 1. The fraction of sp³-hybridized carbons (Fsp3) is 0.917. The van der Waals surface area contributed by atoms with Crippen molar-refractivity contribution in [3.05, 3.63) is 0 Å². The summed E-state index contributed by atoms with van der Waals surface area (Å²) in [5, 5.41) is 2.93. The van der Waals surface area contributed by atoms with Crippen LogP contribution in [-0.2, 0) is 9.53 Å². The van der Waals surface area contributed by atoms with Crippen molar-refractivity contribution in [1.29, 1.82) is 0 Å². The largest absolute Gasteiger partial charge is 0.381 e. The molecule has 0 aromatic carbocycles. The fourth-order valence-corrected chi connectivity index (χ4v) is 2.06. The average Bonchev–Trinajstić information content (AvgIpc) is 2.67. The van der Waals surface area contributed by atoms with Gasteiger partial charge in [-0.25, -0.2) is 0 Å². The lowest BCUT2D eigenvalue weighted by atomic mass is 10.0. The molecule has 0 aromatic heterocycles. The zero-order valence-corrected chi connectivity index (χ0v) is 10.2. The Labute approximate surface area is 97.9 Å². The van der Waals surface area contributed by atoms with Crippen LogP contribution in [0.4, 0.5) is 0 Å². The van der Waals surface area contributed by atoms with Crippen LogP contribution in [0.5, 0.6) is 0 Å². The van der Waals surface area contributed by atoms with Gasteiger partial charge in [0.1, 0.15) is 0 Å². The lowest BCUT2D eigenvalue weighted by Crippen LogP contribution is -2.36. The normalized spacial score (nSPS) is 24.6. The number of ether oxygens (including phenoxy) is 1. The summed E-state index contributed by atoms with van der Waals surface area (Å²) in [5.74, 6) is 0.552. The summed E-state index contributed by atoms with van der Waals surface area (Å²) in [7, 11) is 0. The van der Waals surface area contributed by atoms with Gasteiger partial charge in [0.25, 0.3) is 0 Å². The minimum Gasteiger partial charge on any atom is -0.381 e. The van der Waals surface area contributed by atoms with Crippen LogP contribution in [0.2, 0.25) is 0 Å². The third-order valence-corrected chi connectivity index (χ3v) is 3.10. The topological polar surface area (TPSA) is 64.3 Å². The molecule has 2 unspecified atom stereocenters. The Kier molecular flexibility index (Phi) is 6.42. The summed E-state index contributed by atoms with van der Waals surface area (Å²) in [6, 6.07) is 0.275. The first-order chi connectivity index (χ1) is 7.74. The molecule has 94 valence electrons. The fourth-order valence-electron chi connectivity index (χ4n) is 2.06. The standard InChI is InChI=1S/C12H24N2O2/c1-2-7-16-8-6-12(15)14-9-10-4-3-5-11(10)13/h10-11H,2-9,13H2,1H3,(H,14,15). The zero-order valence-electron chi connectivity index (χ0n) is 10.2. The molecular weight excluding hydrogens is 204 g/mol. The molecule has 4 nitrogen and oxygen atoms in total. The highest BCUT2D eigenvalue weighted by Gasteiger charge is 2.23. The Morgan fingerprint density at radius 3 is 2.88 bits per heavy atom. The van der Waals surface area contributed by atoms with Gasteiger partial charge < -0.3 is 15.8 Å². The van der Waals surface area contributed by atoms with Gasteiger partial charge in [-0.2, -0.15) is 0 Å². The minimum atomic E-state index is 0.0789. The van der Waals surface area contributed by atoms with Crippen LogP contribution in [0.3, 0.4) is 0 Å². The summed E-state index contributed by atoms with van der Waals surface area (Å²) >= 11 is 0. The summed E-state index contributed by atoms with van der Waals surface area (Å²) in [6.07, 6.45) is 4.90. The molecule has 2 atom stereocenters. The maximum Gasteiger partial charge on any atom is 0.222 e. The smallest absolute Gasteiger partial charge is 0.222 e. The van der Waals surface area contributed by atoms with Crippen LogP contribution >= 0.6 is 0 Å². The second-order valence-electron chi connectivity index (χ2n) is 4.52. The molecule has 4 heteroatoms. The van der Waals surface area contributed by atoms with Crippen LogP contribution in [0.25, 0.3) is 0 Å². The Morgan fingerprint density at radius 1 is 1.44 bits per heavy atom. The van der Waals surface area contributed by atoms with Crippen molar-refractivity contribution in [2.24, 2.45) is 11.7 Å².